The van der Waals surface area contributed by atoms with Crippen molar-refractivity contribution in [3.8, 4) is 5.75 Å². The Bertz CT molecular complexity index is 549. The lowest BCUT2D eigenvalue weighted by atomic mass is 10.1. The molecular weight excluding hydrogens is 229 g/mol. The maximum atomic E-state index is 12.8. The van der Waals surface area contributed by atoms with Gasteiger partial charge in [-0.15, -0.1) is 0 Å². The fourth-order valence-electron chi connectivity index (χ4n) is 1.83. The van der Waals surface area contributed by atoms with Crippen molar-refractivity contribution in [2.75, 3.05) is 5.32 Å². The summed E-state index contributed by atoms with van der Waals surface area (Å²) in [6.45, 7) is 4.34. The third kappa shape index (κ3) is 2.62. The van der Waals surface area contributed by atoms with Gasteiger partial charge in [0.05, 0.1) is 0 Å². The highest BCUT2D eigenvalue weighted by Crippen LogP contribution is 2.28. The van der Waals surface area contributed by atoms with Crippen LogP contribution in [0.2, 0.25) is 0 Å². The summed E-state index contributed by atoms with van der Waals surface area (Å²) in [6, 6.07) is 10.2. The van der Waals surface area contributed by atoms with Crippen molar-refractivity contribution in [1.29, 1.82) is 0 Å². The molecule has 0 amide bonds. The molecule has 0 aliphatic heterocycles. The maximum absolute atomic E-state index is 12.8. The number of phenols is 1. The average molecular weight is 245 g/mol. The number of halogens is 1. The van der Waals surface area contributed by atoms with Gasteiger partial charge in [-0.1, -0.05) is 18.2 Å². The minimum absolute atomic E-state index is 0.233. The summed E-state index contributed by atoms with van der Waals surface area (Å²) < 4.78 is 12.8. The molecule has 3 heteroatoms. The van der Waals surface area contributed by atoms with Crippen LogP contribution >= 0.6 is 0 Å². The van der Waals surface area contributed by atoms with Crippen molar-refractivity contribution in [3.63, 3.8) is 0 Å². The maximum Gasteiger partial charge on any atom is 0.123 e. The SMILES string of the molecule is Cc1ccc(NCc2ccc(F)cc2)c(C)c1O. The van der Waals surface area contributed by atoms with Gasteiger partial charge in [0.25, 0.3) is 0 Å². The number of anilines is 1. The highest BCUT2D eigenvalue weighted by atomic mass is 19.1. The molecule has 2 nitrogen and oxygen atoms in total. The van der Waals surface area contributed by atoms with Crippen LogP contribution in [0.5, 0.6) is 5.75 Å². The smallest absolute Gasteiger partial charge is 0.123 e. The zero-order valence-electron chi connectivity index (χ0n) is 10.5. The first kappa shape index (κ1) is 12.4. The summed E-state index contributed by atoms with van der Waals surface area (Å²) in [5.74, 6) is 0.0852. The Morgan fingerprint density at radius 3 is 2.39 bits per heavy atom. The third-order valence-corrected chi connectivity index (χ3v) is 3.03. The van der Waals surface area contributed by atoms with Crippen molar-refractivity contribution in [1.82, 2.24) is 0 Å². The second-order valence-corrected chi connectivity index (χ2v) is 4.38. The van der Waals surface area contributed by atoms with E-state index in [1.807, 2.05) is 26.0 Å². The average Bonchev–Trinajstić information content (AvgIpc) is 2.37. The van der Waals surface area contributed by atoms with E-state index in [1.54, 1.807) is 12.1 Å². The van der Waals surface area contributed by atoms with Gasteiger partial charge in [-0.3, -0.25) is 0 Å². The number of hydrogen-bond donors (Lipinski definition) is 2. The third-order valence-electron chi connectivity index (χ3n) is 3.03. The standard InChI is InChI=1S/C15H16FNO/c1-10-3-8-14(11(2)15(10)18)17-9-12-4-6-13(16)7-5-12/h3-8,17-18H,9H2,1-2H3. The molecule has 0 spiro atoms. The number of rotatable bonds is 3. The fraction of sp³-hybridized carbons (Fsp3) is 0.200. The predicted octanol–water partition coefficient (Wildman–Crippen LogP) is 3.76. The van der Waals surface area contributed by atoms with E-state index >= 15 is 0 Å². The van der Waals surface area contributed by atoms with Crippen molar-refractivity contribution < 1.29 is 9.50 Å². The monoisotopic (exact) mass is 245 g/mol. The Kier molecular flexibility index (Phi) is 3.51. The predicted molar refractivity (Wildman–Crippen MR) is 71.3 cm³/mol. The molecule has 0 fully saturated rings. The first-order chi connectivity index (χ1) is 8.58. The lowest BCUT2D eigenvalue weighted by Crippen LogP contribution is -2.01. The molecule has 0 unspecified atom stereocenters. The molecule has 0 bridgehead atoms. The molecule has 0 atom stereocenters. The van der Waals surface area contributed by atoms with Crippen LogP contribution in [0.1, 0.15) is 16.7 Å². The van der Waals surface area contributed by atoms with E-state index in [2.05, 4.69) is 5.32 Å². The summed E-state index contributed by atoms with van der Waals surface area (Å²) in [6.07, 6.45) is 0. The Balaban J connectivity index is 2.11. The second-order valence-electron chi connectivity index (χ2n) is 4.38. The molecule has 0 aliphatic rings. The summed E-state index contributed by atoms with van der Waals surface area (Å²) in [5, 5.41) is 13.1. The van der Waals surface area contributed by atoms with Gasteiger partial charge in [-0.25, -0.2) is 4.39 Å². The molecule has 18 heavy (non-hydrogen) atoms. The first-order valence-corrected chi connectivity index (χ1v) is 5.85. The summed E-state index contributed by atoms with van der Waals surface area (Å²) in [7, 11) is 0. The lowest BCUT2D eigenvalue weighted by Gasteiger charge is -2.12. The van der Waals surface area contributed by atoms with Crippen LogP contribution in [0.15, 0.2) is 36.4 Å². The van der Waals surface area contributed by atoms with Crippen molar-refractivity contribution >= 4 is 5.69 Å². The Hall–Kier alpha value is -2.03. The van der Waals surface area contributed by atoms with E-state index in [4.69, 9.17) is 0 Å². The van der Waals surface area contributed by atoms with Crippen molar-refractivity contribution in [3.05, 3.63) is 58.9 Å². The quantitative estimate of drug-likeness (QED) is 0.863. The highest BCUT2D eigenvalue weighted by molar-refractivity contribution is 5.59. The van der Waals surface area contributed by atoms with E-state index in [-0.39, 0.29) is 5.82 Å². The van der Waals surface area contributed by atoms with E-state index in [0.717, 1.165) is 22.4 Å². The van der Waals surface area contributed by atoms with Crippen LogP contribution in [0, 0.1) is 19.7 Å². The molecule has 0 radical (unpaired) electrons. The van der Waals surface area contributed by atoms with E-state index in [0.29, 0.717) is 12.3 Å². The van der Waals surface area contributed by atoms with Gasteiger partial charge >= 0.3 is 0 Å². The Morgan fingerprint density at radius 1 is 1.06 bits per heavy atom. The molecule has 2 aromatic rings. The summed E-state index contributed by atoms with van der Waals surface area (Å²) >= 11 is 0. The second kappa shape index (κ2) is 5.08. The zero-order valence-corrected chi connectivity index (χ0v) is 10.5. The number of aromatic hydroxyl groups is 1. The molecule has 2 N–H and O–H groups in total. The van der Waals surface area contributed by atoms with E-state index in [9.17, 15) is 9.50 Å². The van der Waals surface area contributed by atoms with Crippen LogP contribution in [-0.2, 0) is 6.54 Å². The zero-order chi connectivity index (χ0) is 13.1. The molecule has 0 aliphatic carbocycles. The molecular formula is C15H16FNO. The van der Waals surface area contributed by atoms with Crippen LogP contribution in [-0.4, -0.2) is 5.11 Å². The number of hydrogen-bond acceptors (Lipinski definition) is 2. The molecule has 2 rings (SSSR count). The number of benzene rings is 2. The minimum Gasteiger partial charge on any atom is -0.507 e. The molecule has 2 aromatic carbocycles. The topological polar surface area (TPSA) is 32.3 Å². The first-order valence-electron chi connectivity index (χ1n) is 5.85. The lowest BCUT2D eigenvalue weighted by molar-refractivity contribution is 0.467. The van der Waals surface area contributed by atoms with Gasteiger partial charge < -0.3 is 10.4 Å². The molecule has 0 saturated heterocycles. The molecule has 0 heterocycles. The Morgan fingerprint density at radius 2 is 1.72 bits per heavy atom. The number of aryl methyl sites for hydroxylation is 1. The van der Waals surface area contributed by atoms with Gasteiger partial charge in [-0.2, -0.15) is 0 Å². The minimum atomic E-state index is -0.233. The normalized spacial score (nSPS) is 10.4. The largest absolute Gasteiger partial charge is 0.507 e. The van der Waals surface area contributed by atoms with Crippen LogP contribution in [0.4, 0.5) is 10.1 Å². The van der Waals surface area contributed by atoms with E-state index < -0.39 is 0 Å². The summed E-state index contributed by atoms with van der Waals surface area (Å²) in [5.41, 5.74) is 3.58. The molecule has 94 valence electrons. The summed E-state index contributed by atoms with van der Waals surface area (Å²) in [4.78, 5) is 0. The van der Waals surface area contributed by atoms with Crippen LogP contribution in [0.3, 0.4) is 0 Å². The van der Waals surface area contributed by atoms with Gasteiger partial charge in [0.2, 0.25) is 0 Å². The van der Waals surface area contributed by atoms with Crippen molar-refractivity contribution in [2.24, 2.45) is 0 Å². The van der Waals surface area contributed by atoms with Gasteiger partial charge in [-0.05, 0) is 43.2 Å². The highest BCUT2D eigenvalue weighted by Gasteiger charge is 2.05. The Labute approximate surface area is 106 Å². The van der Waals surface area contributed by atoms with Gasteiger partial charge in [0.15, 0.2) is 0 Å². The number of nitrogens with one attached hydrogen (secondary N) is 1. The van der Waals surface area contributed by atoms with Crippen LogP contribution in [0.25, 0.3) is 0 Å². The fourth-order valence-corrected chi connectivity index (χ4v) is 1.83. The molecule has 0 saturated carbocycles. The van der Waals surface area contributed by atoms with E-state index in [1.165, 1.54) is 12.1 Å². The van der Waals surface area contributed by atoms with Crippen molar-refractivity contribution in [2.45, 2.75) is 20.4 Å². The number of phenolic OH excluding ortho intramolecular Hbond substituents is 1. The van der Waals surface area contributed by atoms with Gasteiger partial charge in [0.1, 0.15) is 11.6 Å². The molecule has 0 aromatic heterocycles. The van der Waals surface area contributed by atoms with Gasteiger partial charge in [0, 0.05) is 17.8 Å². The van der Waals surface area contributed by atoms with Crippen LogP contribution < -0.4 is 5.32 Å².